The minimum atomic E-state index is -0.646. The van der Waals surface area contributed by atoms with Crippen molar-refractivity contribution in [3.63, 3.8) is 0 Å². The molecule has 3 aromatic rings. The zero-order valence-electron chi connectivity index (χ0n) is 14.9. The summed E-state index contributed by atoms with van der Waals surface area (Å²) in [6, 6.07) is 16.4. The number of fused-ring (bicyclic) bond motifs is 1. The molecule has 0 heterocycles. The number of nitro groups is 1. The van der Waals surface area contributed by atoms with Crippen LogP contribution in [0.3, 0.4) is 0 Å². The van der Waals surface area contributed by atoms with Crippen LogP contribution in [-0.4, -0.2) is 30.5 Å². The summed E-state index contributed by atoms with van der Waals surface area (Å²) in [6.45, 7) is -0.544. The largest absolute Gasteiger partial charge is 0.495 e. The molecule has 3 rings (SSSR count). The van der Waals surface area contributed by atoms with Gasteiger partial charge in [-0.25, -0.2) is 4.79 Å². The lowest BCUT2D eigenvalue weighted by Gasteiger charge is -2.10. The van der Waals surface area contributed by atoms with E-state index in [-0.39, 0.29) is 17.1 Å². The Bertz CT molecular complexity index is 1060. The quantitative estimate of drug-likeness (QED) is 0.398. The van der Waals surface area contributed by atoms with Crippen LogP contribution >= 0.6 is 0 Å². The van der Waals surface area contributed by atoms with E-state index in [2.05, 4.69) is 5.32 Å². The van der Waals surface area contributed by atoms with Gasteiger partial charge in [-0.3, -0.25) is 14.9 Å². The van der Waals surface area contributed by atoms with Gasteiger partial charge >= 0.3 is 5.97 Å². The normalized spacial score (nSPS) is 10.3. The summed E-state index contributed by atoms with van der Waals surface area (Å²) in [5.41, 5.74) is 0.229. The van der Waals surface area contributed by atoms with Gasteiger partial charge in [-0.1, -0.05) is 30.3 Å². The first-order chi connectivity index (χ1) is 13.5. The van der Waals surface area contributed by atoms with Gasteiger partial charge in [0.05, 0.1) is 23.3 Å². The van der Waals surface area contributed by atoms with Crippen LogP contribution < -0.4 is 10.1 Å². The Kier molecular flexibility index (Phi) is 5.50. The van der Waals surface area contributed by atoms with E-state index in [9.17, 15) is 19.7 Å². The first-order valence-corrected chi connectivity index (χ1v) is 8.26. The van der Waals surface area contributed by atoms with Gasteiger partial charge in [0, 0.05) is 12.1 Å². The van der Waals surface area contributed by atoms with Crippen LogP contribution in [0.2, 0.25) is 0 Å². The number of methoxy groups -OCH3 is 1. The van der Waals surface area contributed by atoms with Crippen LogP contribution in [0.15, 0.2) is 60.7 Å². The van der Waals surface area contributed by atoms with Gasteiger partial charge in [-0.05, 0) is 29.0 Å². The van der Waals surface area contributed by atoms with Crippen molar-refractivity contribution >= 4 is 34.0 Å². The van der Waals surface area contributed by atoms with Crippen LogP contribution in [0.4, 0.5) is 11.4 Å². The van der Waals surface area contributed by atoms with Crippen molar-refractivity contribution in [3.05, 3.63) is 76.3 Å². The highest BCUT2D eigenvalue weighted by Gasteiger charge is 2.15. The molecular weight excluding hydrogens is 364 g/mol. The summed E-state index contributed by atoms with van der Waals surface area (Å²) in [7, 11) is 1.37. The molecule has 0 aliphatic rings. The van der Waals surface area contributed by atoms with Crippen molar-refractivity contribution in [1.29, 1.82) is 0 Å². The number of carbonyl (C=O) groups is 2. The van der Waals surface area contributed by atoms with Gasteiger partial charge < -0.3 is 14.8 Å². The van der Waals surface area contributed by atoms with Crippen molar-refractivity contribution in [3.8, 4) is 5.75 Å². The predicted molar refractivity (Wildman–Crippen MR) is 103 cm³/mol. The number of nitrogens with one attached hydrogen (secondary N) is 1. The summed E-state index contributed by atoms with van der Waals surface area (Å²) in [6.07, 6.45) is 0. The highest BCUT2D eigenvalue weighted by Crippen LogP contribution is 2.28. The molecule has 0 fully saturated rings. The minimum Gasteiger partial charge on any atom is -0.495 e. The number of carbonyl (C=O) groups excluding carboxylic acids is 2. The molecule has 142 valence electrons. The zero-order chi connectivity index (χ0) is 20.1. The number of amides is 1. The summed E-state index contributed by atoms with van der Waals surface area (Å²) in [5, 5.41) is 15.2. The minimum absolute atomic E-state index is 0.114. The molecular formula is C20H16N2O6. The Morgan fingerprint density at radius 1 is 1.04 bits per heavy atom. The van der Waals surface area contributed by atoms with Gasteiger partial charge in [-0.15, -0.1) is 0 Å². The van der Waals surface area contributed by atoms with E-state index in [0.717, 1.165) is 10.8 Å². The smallest absolute Gasteiger partial charge is 0.338 e. The highest BCUT2D eigenvalue weighted by atomic mass is 16.6. The van der Waals surface area contributed by atoms with Crippen molar-refractivity contribution in [1.82, 2.24) is 0 Å². The Hall–Kier alpha value is -3.94. The number of benzene rings is 3. The maximum Gasteiger partial charge on any atom is 0.338 e. The lowest BCUT2D eigenvalue weighted by Crippen LogP contribution is -2.21. The molecule has 0 spiro atoms. The van der Waals surface area contributed by atoms with Crippen molar-refractivity contribution < 1.29 is 24.0 Å². The van der Waals surface area contributed by atoms with Crippen molar-refractivity contribution in [2.24, 2.45) is 0 Å². The summed E-state index contributed by atoms with van der Waals surface area (Å²) in [5.74, 6) is -1.04. The third-order valence-corrected chi connectivity index (χ3v) is 3.99. The van der Waals surface area contributed by atoms with Gasteiger partial charge in [-0.2, -0.15) is 0 Å². The van der Waals surface area contributed by atoms with Crippen LogP contribution in [0.5, 0.6) is 5.75 Å². The number of non-ortho nitro benzene ring substituents is 1. The fourth-order valence-corrected chi connectivity index (χ4v) is 2.62. The molecule has 0 unspecified atom stereocenters. The number of hydrogen-bond acceptors (Lipinski definition) is 6. The number of anilines is 1. The van der Waals surface area contributed by atoms with Crippen molar-refractivity contribution in [2.45, 2.75) is 0 Å². The standard InChI is InChI=1S/C20H16N2O6/c1-27-18-9-8-16(22(25)26)11-17(18)21-19(23)12-28-20(24)15-7-6-13-4-2-3-5-14(13)10-15/h2-11H,12H2,1H3,(H,21,23). The summed E-state index contributed by atoms with van der Waals surface area (Å²) in [4.78, 5) is 34.6. The molecule has 1 N–H and O–H groups in total. The van der Waals surface area contributed by atoms with E-state index in [1.54, 1.807) is 18.2 Å². The maximum absolute atomic E-state index is 12.2. The van der Waals surface area contributed by atoms with Crippen LogP contribution in [0, 0.1) is 10.1 Å². The Balaban J connectivity index is 1.65. The third-order valence-electron chi connectivity index (χ3n) is 3.99. The van der Waals surface area contributed by atoms with Crippen LogP contribution in [0.25, 0.3) is 10.8 Å². The Morgan fingerprint density at radius 3 is 2.50 bits per heavy atom. The molecule has 0 aliphatic heterocycles. The number of rotatable bonds is 6. The second-order valence-corrected chi connectivity index (χ2v) is 5.83. The second kappa shape index (κ2) is 8.17. The van der Waals surface area contributed by atoms with Crippen LogP contribution in [0.1, 0.15) is 10.4 Å². The fourth-order valence-electron chi connectivity index (χ4n) is 2.62. The molecule has 0 radical (unpaired) electrons. The van der Waals surface area contributed by atoms with E-state index >= 15 is 0 Å². The molecule has 28 heavy (non-hydrogen) atoms. The Labute approximate surface area is 159 Å². The average Bonchev–Trinajstić information content (AvgIpc) is 2.71. The SMILES string of the molecule is COc1ccc([N+](=O)[O-])cc1NC(=O)COC(=O)c1ccc2ccccc2c1. The van der Waals surface area contributed by atoms with Gasteiger partial charge in [0.25, 0.3) is 11.6 Å². The Morgan fingerprint density at radius 2 is 1.79 bits per heavy atom. The number of esters is 1. The first kappa shape index (κ1) is 18.8. The van der Waals surface area contributed by atoms with Crippen molar-refractivity contribution in [2.75, 3.05) is 19.0 Å². The topological polar surface area (TPSA) is 108 Å². The molecule has 0 bridgehead atoms. The van der Waals surface area contributed by atoms with Crippen LogP contribution in [-0.2, 0) is 9.53 Å². The fraction of sp³-hybridized carbons (Fsp3) is 0.100. The van der Waals surface area contributed by atoms with Gasteiger partial charge in [0.1, 0.15) is 5.75 Å². The lowest BCUT2D eigenvalue weighted by atomic mass is 10.1. The molecule has 0 aromatic heterocycles. The van der Waals surface area contributed by atoms with E-state index < -0.39 is 23.4 Å². The molecule has 0 aliphatic carbocycles. The highest BCUT2D eigenvalue weighted by molar-refractivity contribution is 5.98. The van der Waals surface area contributed by atoms with E-state index in [4.69, 9.17) is 9.47 Å². The molecule has 0 saturated carbocycles. The number of nitro benzene ring substituents is 1. The molecule has 0 atom stereocenters. The molecule has 3 aromatic carbocycles. The monoisotopic (exact) mass is 380 g/mol. The number of nitrogens with zero attached hydrogens (tertiary/aromatic N) is 1. The molecule has 8 nitrogen and oxygen atoms in total. The predicted octanol–water partition coefficient (Wildman–Crippen LogP) is 3.55. The summed E-state index contributed by atoms with van der Waals surface area (Å²) >= 11 is 0. The second-order valence-electron chi connectivity index (χ2n) is 5.83. The third kappa shape index (κ3) is 4.24. The summed E-state index contributed by atoms with van der Waals surface area (Å²) < 4.78 is 10.1. The number of ether oxygens (including phenoxy) is 2. The van der Waals surface area contributed by atoms with E-state index in [1.807, 2.05) is 24.3 Å². The van der Waals surface area contributed by atoms with E-state index in [1.165, 1.54) is 25.3 Å². The average molecular weight is 380 g/mol. The lowest BCUT2D eigenvalue weighted by molar-refractivity contribution is -0.384. The first-order valence-electron chi connectivity index (χ1n) is 8.26. The van der Waals surface area contributed by atoms with Gasteiger partial charge in [0.15, 0.2) is 6.61 Å². The van der Waals surface area contributed by atoms with Gasteiger partial charge in [0.2, 0.25) is 0 Å². The molecule has 1 amide bonds. The maximum atomic E-state index is 12.2. The molecule has 0 saturated heterocycles. The number of hydrogen-bond donors (Lipinski definition) is 1. The van der Waals surface area contributed by atoms with E-state index in [0.29, 0.717) is 5.56 Å². The zero-order valence-corrected chi connectivity index (χ0v) is 14.9. The molecule has 8 heteroatoms.